The Kier molecular flexibility index (Phi) is 4.34. The van der Waals surface area contributed by atoms with E-state index in [1.54, 1.807) is 16.5 Å². The molecule has 6 heteroatoms. The van der Waals surface area contributed by atoms with Crippen LogP contribution >= 0.6 is 0 Å². The van der Waals surface area contributed by atoms with Gasteiger partial charge >= 0.3 is 0 Å². The molecule has 1 aliphatic heterocycles. The van der Waals surface area contributed by atoms with Crippen LogP contribution in [0.1, 0.15) is 38.6 Å². The first-order valence-electron chi connectivity index (χ1n) is 7.40. The van der Waals surface area contributed by atoms with Crippen LogP contribution in [0.3, 0.4) is 0 Å². The van der Waals surface area contributed by atoms with Gasteiger partial charge in [-0.25, -0.2) is 0 Å². The topological polar surface area (TPSA) is 67.2 Å². The van der Waals surface area contributed by atoms with Crippen molar-refractivity contribution in [3.63, 3.8) is 0 Å². The molecule has 1 N–H and O–H groups in total. The summed E-state index contributed by atoms with van der Waals surface area (Å²) >= 11 is 0. The number of nitrogens with zero attached hydrogens (tertiary/aromatic N) is 3. The minimum absolute atomic E-state index is 0.00495. The molecule has 0 aliphatic carbocycles. The third kappa shape index (κ3) is 3.25. The molecule has 1 aromatic rings. The lowest BCUT2D eigenvalue weighted by molar-refractivity contribution is -0.149. The van der Waals surface area contributed by atoms with Crippen LogP contribution < -0.4 is 5.32 Å². The molecular formula is C15H24N4O2. The highest BCUT2D eigenvalue weighted by Crippen LogP contribution is 2.18. The Balaban J connectivity index is 2.20. The molecule has 0 spiro atoms. The van der Waals surface area contributed by atoms with E-state index in [0.717, 1.165) is 11.4 Å². The number of aryl methyl sites for hydroxylation is 2. The van der Waals surface area contributed by atoms with Gasteiger partial charge in [0.05, 0.1) is 17.9 Å². The van der Waals surface area contributed by atoms with Crippen molar-refractivity contribution in [3.8, 4) is 0 Å². The van der Waals surface area contributed by atoms with E-state index in [1.165, 1.54) is 0 Å². The van der Waals surface area contributed by atoms with Crippen molar-refractivity contribution in [1.82, 2.24) is 20.0 Å². The first-order valence-corrected chi connectivity index (χ1v) is 7.40. The lowest BCUT2D eigenvalue weighted by atomic mass is 9.99. The fourth-order valence-electron chi connectivity index (χ4n) is 2.72. The highest BCUT2D eigenvalue weighted by molar-refractivity contribution is 5.96. The van der Waals surface area contributed by atoms with E-state index in [9.17, 15) is 9.59 Å². The Labute approximate surface area is 125 Å². The quantitative estimate of drug-likeness (QED) is 0.900. The van der Waals surface area contributed by atoms with E-state index in [1.807, 2.05) is 33.9 Å². The predicted octanol–water partition coefficient (Wildman–Crippen LogP) is 0.990. The molecule has 1 fully saturated rings. The van der Waals surface area contributed by atoms with Gasteiger partial charge in [0.15, 0.2) is 0 Å². The minimum atomic E-state index is -0.448. The van der Waals surface area contributed by atoms with E-state index in [2.05, 4.69) is 10.4 Å². The van der Waals surface area contributed by atoms with Crippen LogP contribution in [-0.2, 0) is 23.2 Å². The normalized spacial score (nSPS) is 22.9. The first kappa shape index (κ1) is 15.5. The number of nitrogens with one attached hydrogen (secondary N) is 1. The molecular weight excluding hydrogens is 268 g/mol. The molecule has 6 nitrogen and oxygen atoms in total. The van der Waals surface area contributed by atoms with Gasteiger partial charge in [-0.15, -0.1) is 0 Å². The van der Waals surface area contributed by atoms with Gasteiger partial charge in [-0.05, 0) is 32.3 Å². The molecule has 0 saturated carbocycles. The molecule has 0 bridgehead atoms. The summed E-state index contributed by atoms with van der Waals surface area (Å²) in [5, 5.41) is 7.12. The molecule has 116 valence electrons. The van der Waals surface area contributed by atoms with Crippen LogP contribution in [0.15, 0.2) is 6.07 Å². The van der Waals surface area contributed by atoms with E-state index in [0.29, 0.717) is 18.9 Å². The molecule has 2 heterocycles. The van der Waals surface area contributed by atoms with Crippen LogP contribution in [0.25, 0.3) is 0 Å². The van der Waals surface area contributed by atoms with E-state index in [-0.39, 0.29) is 11.8 Å². The van der Waals surface area contributed by atoms with Gasteiger partial charge in [0.2, 0.25) is 11.8 Å². The average molecular weight is 292 g/mol. The van der Waals surface area contributed by atoms with E-state index < -0.39 is 12.1 Å². The van der Waals surface area contributed by atoms with Crippen molar-refractivity contribution in [2.24, 2.45) is 13.0 Å². The van der Waals surface area contributed by atoms with Crippen molar-refractivity contribution >= 4 is 11.8 Å². The number of carbonyl (C=O) groups is 2. The van der Waals surface area contributed by atoms with Gasteiger partial charge in [-0.2, -0.15) is 5.10 Å². The summed E-state index contributed by atoms with van der Waals surface area (Å²) in [7, 11) is 1.85. The third-order valence-electron chi connectivity index (χ3n) is 3.88. The highest BCUT2D eigenvalue weighted by atomic mass is 16.2. The Bertz CT molecular complexity index is 550. The van der Waals surface area contributed by atoms with Crippen molar-refractivity contribution in [2.75, 3.05) is 0 Å². The fraction of sp³-hybridized carbons (Fsp3) is 0.667. The second kappa shape index (κ2) is 5.87. The first-order chi connectivity index (χ1) is 9.79. The summed E-state index contributed by atoms with van der Waals surface area (Å²) in [6, 6.07) is 1.09. The Hall–Kier alpha value is -1.85. The average Bonchev–Trinajstić information content (AvgIpc) is 2.69. The predicted molar refractivity (Wildman–Crippen MR) is 79.3 cm³/mol. The summed E-state index contributed by atoms with van der Waals surface area (Å²) in [5.74, 6) is 0.266. The highest BCUT2D eigenvalue weighted by Gasteiger charge is 2.38. The zero-order chi connectivity index (χ0) is 15.7. The SMILES string of the molecule is Cc1cc(CN2C(=O)C(CC(C)C)NC(=O)C2C)n(C)n1. The summed E-state index contributed by atoms with van der Waals surface area (Å²) < 4.78 is 1.76. The number of aromatic nitrogens is 2. The number of piperazine rings is 1. The van der Waals surface area contributed by atoms with Gasteiger partial charge in [0, 0.05) is 7.05 Å². The largest absolute Gasteiger partial charge is 0.343 e. The fourth-order valence-corrected chi connectivity index (χ4v) is 2.72. The van der Waals surface area contributed by atoms with Crippen molar-refractivity contribution in [1.29, 1.82) is 0 Å². The minimum Gasteiger partial charge on any atom is -0.343 e. The molecule has 2 atom stereocenters. The number of amides is 2. The molecule has 2 amide bonds. The van der Waals surface area contributed by atoms with Crippen LogP contribution in [0.2, 0.25) is 0 Å². The Morgan fingerprint density at radius 1 is 1.38 bits per heavy atom. The molecule has 21 heavy (non-hydrogen) atoms. The summed E-state index contributed by atoms with van der Waals surface area (Å²) in [5.41, 5.74) is 1.85. The monoisotopic (exact) mass is 292 g/mol. The van der Waals surface area contributed by atoms with Crippen LogP contribution in [-0.4, -0.2) is 38.6 Å². The molecule has 0 aromatic carbocycles. The smallest absolute Gasteiger partial charge is 0.246 e. The van der Waals surface area contributed by atoms with Gasteiger partial charge in [-0.3, -0.25) is 14.3 Å². The van der Waals surface area contributed by atoms with Crippen molar-refractivity contribution in [2.45, 2.75) is 52.7 Å². The number of rotatable bonds is 4. The van der Waals surface area contributed by atoms with Gasteiger partial charge in [0.1, 0.15) is 12.1 Å². The second-order valence-electron chi connectivity index (χ2n) is 6.23. The molecule has 2 unspecified atom stereocenters. The van der Waals surface area contributed by atoms with E-state index >= 15 is 0 Å². The van der Waals surface area contributed by atoms with Gasteiger partial charge in [0.25, 0.3) is 0 Å². The zero-order valence-corrected chi connectivity index (χ0v) is 13.4. The standard InChI is InChI=1S/C15H24N4O2/c1-9(2)6-13-15(21)19(11(4)14(20)16-13)8-12-7-10(3)17-18(12)5/h7,9,11,13H,6,8H2,1-5H3,(H,16,20). The Morgan fingerprint density at radius 3 is 2.57 bits per heavy atom. The summed E-state index contributed by atoms with van der Waals surface area (Å²) in [6.45, 7) is 8.19. The van der Waals surface area contributed by atoms with E-state index in [4.69, 9.17) is 0 Å². The van der Waals surface area contributed by atoms with Crippen molar-refractivity contribution in [3.05, 3.63) is 17.5 Å². The van der Waals surface area contributed by atoms with Crippen LogP contribution in [0.4, 0.5) is 0 Å². The summed E-state index contributed by atoms with van der Waals surface area (Å²) in [4.78, 5) is 26.4. The molecule has 2 rings (SSSR count). The third-order valence-corrected chi connectivity index (χ3v) is 3.88. The zero-order valence-electron chi connectivity index (χ0n) is 13.4. The number of hydrogen-bond donors (Lipinski definition) is 1. The van der Waals surface area contributed by atoms with Crippen LogP contribution in [0, 0.1) is 12.8 Å². The molecule has 1 aliphatic rings. The maximum absolute atomic E-state index is 12.6. The Morgan fingerprint density at radius 2 is 2.05 bits per heavy atom. The maximum Gasteiger partial charge on any atom is 0.246 e. The van der Waals surface area contributed by atoms with Crippen molar-refractivity contribution < 1.29 is 9.59 Å². The molecule has 1 aromatic heterocycles. The molecule has 0 radical (unpaired) electrons. The summed E-state index contributed by atoms with van der Waals surface area (Å²) in [6.07, 6.45) is 0.665. The second-order valence-corrected chi connectivity index (χ2v) is 6.23. The lowest BCUT2D eigenvalue weighted by Gasteiger charge is -2.37. The van der Waals surface area contributed by atoms with Gasteiger partial charge < -0.3 is 10.2 Å². The molecule has 1 saturated heterocycles. The lowest BCUT2D eigenvalue weighted by Crippen LogP contribution is -2.62. The maximum atomic E-state index is 12.6. The number of hydrogen-bond acceptors (Lipinski definition) is 3. The van der Waals surface area contributed by atoms with Crippen LogP contribution in [0.5, 0.6) is 0 Å². The van der Waals surface area contributed by atoms with Gasteiger partial charge in [-0.1, -0.05) is 13.8 Å². The number of carbonyl (C=O) groups excluding carboxylic acids is 2.